The van der Waals surface area contributed by atoms with E-state index < -0.39 is 0 Å². The molecule has 0 bridgehead atoms. The van der Waals surface area contributed by atoms with Gasteiger partial charge in [0, 0.05) is 6.04 Å². The molecule has 1 heteroatoms. The SMILES string of the molecule is CCCCC[C@H](N)c1ccc2c(c1)Cc1ccccc1-2. The summed E-state index contributed by atoms with van der Waals surface area (Å²) in [5, 5.41) is 0. The van der Waals surface area contributed by atoms with E-state index in [9.17, 15) is 0 Å². The summed E-state index contributed by atoms with van der Waals surface area (Å²) in [6, 6.07) is 15.7. The lowest BCUT2D eigenvalue weighted by molar-refractivity contribution is 0.581. The van der Waals surface area contributed by atoms with Crippen LogP contribution in [0.2, 0.25) is 0 Å². The number of unbranched alkanes of at least 4 members (excludes halogenated alkanes) is 2. The van der Waals surface area contributed by atoms with Crippen molar-refractivity contribution in [2.24, 2.45) is 5.73 Å². The Kier molecular flexibility index (Phi) is 3.88. The second-order valence-electron chi connectivity index (χ2n) is 5.85. The average molecular weight is 265 g/mol. The zero-order valence-electron chi connectivity index (χ0n) is 12.2. The van der Waals surface area contributed by atoms with Crippen molar-refractivity contribution in [1.82, 2.24) is 0 Å². The summed E-state index contributed by atoms with van der Waals surface area (Å²) in [4.78, 5) is 0. The van der Waals surface area contributed by atoms with Crippen LogP contribution in [0.4, 0.5) is 0 Å². The van der Waals surface area contributed by atoms with E-state index in [-0.39, 0.29) is 6.04 Å². The average Bonchev–Trinajstić information content (AvgIpc) is 2.85. The normalized spacial score (nSPS) is 13.9. The predicted octanol–water partition coefficient (Wildman–Crippen LogP) is 4.84. The van der Waals surface area contributed by atoms with Crippen LogP contribution in [0.3, 0.4) is 0 Å². The molecule has 0 aromatic heterocycles. The number of benzene rings is 2. The first-order valence-corrected chi connectivity index (χ1v) is 7.76. The molecule has 1 aliphatic rings. The molecule has 0 amide bonds. The second kappa shape index (κ2) is 5.80. The first kappa shape index (κ1) is 13.4. The number of hydrogen-bond acceptors (Lipinski definition) is 1. The third-order valence-corrected chi connectivity index (χ3v) is 4.36. The van der Waals surface area contributed by atoms with Gasteiger partial charge < -0.3 is 5.73 Å². The highest BCUT2D eigenvalue weighted by atomic mass is 14.6. The van der Waals surface area contributed by atoms with E-state index in [0.29, 0.717) is 0 Å². The maximum absolute atomic E-state index is 6.33. The molecule has 2 aromatic carbocycles. The summed E-state index contributed by atoms with van der Waals surface area (Å²) in [6.45, 7) is 2.23. The molecule has 1 atom stereocenters. The van der Waals surface area contributed by atoms with E-state index in [1.807, 2.05) is 0 Å². The molecule has 20 heavy (non-hydrogen) atoms. The number of rotatable bonds is 5. The van der Waals surface area contributed by atoms with Crippen LogP contribution in [0, 0.1) is 0 Å². The third kappa shape index (κ3) is 2.51. The van der Waals surface area contributed by atoms with Crippen LogP contribution in [0.1, 0.15) is 55.3 Å². The van der Waals surface area contributed by atoms with Gasteiger partial charge in [-0.1, -0.05) is 68.7 Å². The lowest BCUT2D eigenvalue weighted by atomic mass is 9.97. The van der Waals surface area contributed by atoms with Gasteiger partial charge in [-0.05, 0) is 40.7 Å². The van der Waals surface area contributed by atoms with Crippen molar-refractivity contribution in [3.05, 3.63) is 59.2 Å². The maximum atomic E-state index is 6.33. The Morgan fingerprint density at radius 1 is 1.00 bits per heavy atom. The molecule has 1 aliphatic carbocycles. The van der Waals surface area contributed by atoms with Gasteiger partial charge in [-0.2, -0.15) is 0 Å². The Morgan fingerprint density at radius 2 is 1.80 bits per heavy atom. The molecule has 0 unspecified atom stereocenters. The molecular formula is C19H23N. The van der Waals surface area contributed by atoms with Gasteiger partial charge in [-0.25, -0.2) is 0 Å². The fourth-order valence-corrected chi connectivity index (χ4v) is 3.18. The van der Waals surface area contributed by atoms with Gasteiger partial charge in [0.15, 0.2) is 0 Å². The van der Waals surface area contributed by atoms with Gasteiger partial charge in [0.2, 0.25) is 0 Å². The molecule has 2 N–H and O–H groups in total. The summed E-state index contributed by atoms with van der Waals surface area (Å²) in [6.07, 6.45) is 5.92. The van der Waals surface area contributed by atoms with Crippen molar-refractivity contribution in [3.63, 3.8) is 0 Å². The van der Waals surface area contributed by atoms with Crippen molar-refractivity contribution in [1.29, 1.82) is 0 Å². The van der Waals surface area contributed by atoms with Crippen LogP contribution >= 0.6 is 0 Å². The third-order valence-electron chi connectivity index (χ3n) is 4.36. The molecule has 104 valence electrons. The van der Waals surface area contributed by atoms with Gasteiger partial charge in [0.25, 0.3) is 0 Å². The molecule has 2 aromatic rings. The molecule has 0 spiro atoms. The summed E-state index contributed by atoms with van der Waals surface area (Å²) in [5.74, 6) is 0. The zero-order valence-corrected chi connectivity index (χ0v) is 12.2. The van der Waals surface area contributed by atoms with Crippen LogP contribution < -0.4 is 5.73 Å². The topological polar surface area (TPSA) is 26.0 Å². The van der Waals surface area contributed by atoms with E-state index in [0.717, 1.165) is 12.8 Å². The van der Waals surface area contributed by atoms with Crippen LogP contribution in [0.5, 0.6) is 0 Å². The van der Waals surface area contributed by atoms with Crippen molar-refractivity contribution in [2.75, 3.05) is 0 Å². The predicted molar refractivity (Wildman–Crippen MR) is 85.8 cm³/mol. The molecule has 0 saturated carbocycles. The number of hydrogen-bond donors (Lipinski definition) is 1. The largest absolute Gasteiger partial charge is 0.324 e. The highest BCUT2D eigenvalue weighted by Crippen LogP contribution is 2.37. The van der Waals surface area contributed by atoms with Crippen LogP contribution in [-0.4, -0.2) is 0 Å². The lowest BCUT2D eigenvalue weighted by Crippen LogP contribution is -2.10. The molecule has 1 nitrogen and oxygen atoms in total. The zero-order chi connectivity index (χ0) is 13.9. The van der Waals surface area contributed by atoms with Crippen molar-refractivity contribution in [3.8, 4) is 11.1 Å². The van der Waals surface area contributed by atoms with Crippen molar-refractivity contribution < 1.29 is 0 Å². The van der Waals surface area contributed by atoms with E-state index in [4.69, 9.17) is 5.73 Å². The fraction of sp³-hybridized carbons (Fsp3) is 0.368. The molecule has 0 fully saturated rings. The lowest BCUT2D eigenvalue weighted by Gasteiger charge is -2.13. The van der Waals surface area contributed by atoms with E-state index in [1.54, 1.807) is 0 Å². The van der Waals surface area contributed by atoms with Gasteiger partial charge in [0.05, 0.1) is 0 Å². The number of nitrogens with two attached hydrogens (primary N) is 1. The molecule has 0 saturated heterocycles. The summed E-state index contributed by atoms with van der Waals surface area (Å²) >= 11 is 0. The van der Waals surface area contributed by atoms with Gasteiger partial charge in [0.1, 0.15) is 0 Å². The minimum atomic E-state index is 0.190. The maximum Gasteiger partial charge on any atom is 0.0294 e. The first-order chi connectivity index (χ1) is 9.79. The Balaban J connectivity index is 1.80. The Bertz CT molecular complexity index is 600. The smallest absolute Gasteiger partial charge is 0.0294 e. The Morgan fingerprint density at radius 3 is 2.65 bits per heavy atom. The van der Waals surface area contributed by atoms with Crippen LogP contribution in [-0.2, 0) is 6.42 Å². The molecule has 0 aliphatic heterocycles. The molecule has 0 heterocycles. The Labute approximate surface area is 121 Å². The molecule has 0 radical (unpaired) electrons. The molecular weight excluding hydrogens is 242 g/mol. The van der Waals surface area contributed by atoms with Gasteiger partial charge >= 0.3 is 0 Å². The summed E-state index contributed by atoms with van der Waals surface area (Å²) in [7, 11) is 0. The highest BCUT2D eigenvalue weighted by Gasteiger charge is 2.18. The fourth-order valence-electron chi connectivity index (χ4n) is 3.18. The van der Waals surface area contributed by atoms with Crippen molar-refractivity contribution >= 4 is 0 Å². The minimum absolute atomic E-state index is 0.190. The van der Waals surface area contributed by atoms with Gasteiger partial charge in [-0.15, -0.1) is 0 Å². The summed E-state index contributed by atoms with van der Waals surface area (Å²) in [5.41, 5.74) is 13.3. The monoisotopic (exact) mass is 265 g/mol. The van der Waals surface area contributed by atoms with E-state index in [2.05, 4.69) is 49.4 Å². The standard InChI is InChI=1S/C19H23N/c1-2-3-4-9-19(20)15-10-11-18-16(13-15)12-14-7-5-6-8-17(14)18/h5-8,10-11,13,19H,2-4,9,12,20H2,1H3/t19-/m0/s1. The first-order valence-electron chi connectivity index (χ1n) is 7.76. The highest BCUT2D eigenvalue weighted by molar-refractivity contribution is 5.76. The second-order valence-corrected chi connectivity index (χ2v) is 5.85. The van der Waals surface area contributed by atoms with Crippen LogP contribution in [0.15, 0.2) is 42.5 Å². The van der Waals surface area contributed by atoms with Gasteiger partial charge in [-0.3, -0.25) is 0 Å². The minimum Gasteiger partial charge on any atom is -0.324 e. The van der Waals surface area contributed by atoms with E-state index >= 15 is 0 Å². The van der Waals surface area contributed by atoms with Crippen molar-refractivity contribution in [2.45, 2.75) is 45.1 Å². The quantitative estimate of drug-likeness (QED) is 0.656. The van der Waals surface area contributed by atoms with Crippen LogP contribution in [0.25, 0.3) is 11.1 Å². The molecule has 3 rings (SSSR count). The summed E-state index contributed by atoms with van der Waals surface area (Å²) < 4.78 is 0. The van der Waals surface area contributed by atoms with E-state index in [1.165, 1.54) is 47.1 Å². The Hall–Kier alpha value is -1.60. The number of fused-ring (bicyclic) bond motifs is 3.